The zero-order chi connectivity index (χ0) is 12.0. The van der Waals surface area contributed by atoms with Crippen molar-refractivity contribution in [2.75, 3.05) is 18.5 Å². The first-order valence-electron chi connectivity index (χ1n) is 6.03. The molecule has 0 amide bonds. The highest BCUT2D eigenvalue weighted by Crippen LogP contribution is 2.09. The molecule has 1 rings (SSSR count). The lowest BCUT2D eigenvalue weighted by atomic mass is 10.2. The molecule has 0 aromatic carbocycles. The van der Waals surface area contributed by atoms with Crippen LogP contribution in [-0.2, 0) is 6.54 Å². The average molecular weight is 221 g/mol. The SMILES string of the molecule is CCCN(C)c1ccc(CNC(C)C)cn1. The highest BCUT2D eigenvalue weighted by atomic mass is 15.2. The molecule has 1 aromatic rings. The Morgan fingerprint density at radius 3 is 2.62 bits per heavy atom. The molecule has 0 bridgehead atoms. The van der Waals surface area contributed by atoms with Crippen molar-refractivity contribution in [1.82, 2.24) is 10.3 Å². The quantitative estimate of drug-likeness (QED) is 0.799. The maximum Gasteiger partial charge on any atom is 0.128 e. The van der Waals surface area contributed by atoms with Crippen LogP contribution in [0.15, 0.2) is 18.3 Å². The van der Waals surface area contributed by atoms with E-state index >= 15 is 0 Å². The number of aromatic nitrogens is 1. The van der Waals surface area contributed by atoms with E-state index in [1.165, 1.54) is 5.56 Å². The van der Waals surface area contributed by atoms with Gasteiger partial charge >= 0.3 is 0 Å². The van der Waals surface area contributed by atoms with Crippen LogP contribution < -0.4 is 10.2 Å². The first-order chi connectivity index (χ1) is 7.63. The van der Waals surface area contributed by atoms with E-state index in [1.54, 1.807) is 0 Å². The Labute approximate surface area is 98.9 Å². The van der Waals surface area contributed by atoms with E-state index < -0.39 is 0 Å². The summed E-state index contributed by atoms with van der Waals surface area (Å²) in [7, 11) is 2.08. The lowest BCUT2D eigenvalue weighted by molar-refractivity contribution is 0.588. The van der Waals surface area contributed by atoms with E-state index in [9.17, 15) is 0 Å². The van der Waals surface area contributed by atoms with Crippen molar-refractivity contribution in [3.05, 3.63) is 23.9 Å². The van der Waals surface area contributed by atoms with Gasteiger partial charge in [0.2, 0.25) is 0 Å². The monoisotopic (exact) mass is 221 g/mol. The Morgan fingerprint density at radius 2 is 2.12 bits per heavy atom. The van der Waals surface area contributed by atoms with Gasteiger partial charge in [0.15, 0.2) is 0 Å². The molecular formula is C13H23N3. The van der Waals surface area contributed by atoms with Gasteiger partial charge in [0.05, 0.1) is 0 Å². The van der Waals surface area contributed by atoms with Gasteiger partial charge in [-0.25, -0.2) is 4.98 Å². The molecule has 0 radical (unpaired) electrons. The molecule has 1 heterocycles. The third kappa shape index (κ3) is 4.19. The third-order valence-electron chi connectivity index (χ3n) is 2.47. The summed E-state index contributed by atoms with van der Waals surface area (Å²) in [6, 6.07) is 4.75. The highest BCUT2D eigenvalue weighted by molar-refractivity contribution is 5.38. The Bertz CT molecular complexity index is 293. The Balaban J connectivity index is 2.53. The molecule has 0 fully saturated rings. The predicted molar refractivity (Wildman–Crippen MR) is 69.8 cm³/mol. The van der Waals surface area contributed by atoms with Gasteiger partial charge in [0.1, 0.15) is 5.82 Å². The summed E-state index contributed by atoms with van der Waals surface area (Å²) in [6.07, 6.45) is 3.10. The number of anilines is 1. The number of nitrogens with zero attached hydrogens (tertiary/aromatic N) is 2. The molecule has 0 unspecified atom stereocenters. The zero-order valence-electron chi connectivity index (χ0n) is 10.8. The molecule has 0 saturated carbocycles. The van der Waals surface area contributed by atoms with Crippen LogP contribution in [0.25, 0.3) is 0 Å². The summed E-state index contributed by atoms with van der Waals surface area (Å²) < 4.78 is 0. The van der Waals surface area contributed by atoms with Gasteiger partial charge in [-0.3, -0.25) is 0 Å². The molecule has 1 N–H and O–H groups in total. The van der Waals surface area contributed by atoms with Crippen LogP contribution in [0, 0.1) is 0 Å². The van der Waals surface area contributed by atoms with Crippen LogP contribution in [-0.4, -0.2) is 24.6 Å². The molecule has 16 heavy (non-hydrogen) atoms. The smallest absolute Gasteiger partial charge is 0.128 e. The second-order valence-electron chi connectivity index (χ2n) is 4.48. The molecule has 0 aliphatic heterocycles. The molecule has 0 spiro atoms. The van der Waals surface area contributed by atoms with Crippen molar-refractivity contribution < 1.29 is 0 Å². The van der Waals surface area contributed by atoms with Crippen molar-refractivity contribution >= 4 is 5.82 Å². The van der Waals surface area contributed by atoms with Gasteiger partial charge in [-0.15, -0.1) is 0 Å². The summed E-state index contributed by atoms with van der Waals surface area (Å²) in [5.41, 5.74) is 1.24. The van der Waals surface area contributed by atoms with Gasteiger partial charge in [-0.05, 0) is 18.1 Å². The van der Waals surface area contributed by atoms with Crippen LogP contribution in [0.2, 0.25) is 0 Å². The second kappa shape index (κ2) is 6.48. The summed E-state index contributed by atoms with van der Waals surface area (Å²) in [4.78, 5) is 6.64. The number of nitrogens with one attached hydrogen (secondary N) is 1. The fraction of sp³-hybridized carbons (Fsp3) is 0.615. The molecule has 3 heteroatoms. The fourth-order valence-electron chi connectivity index (χ4n) is 1.52. The van der Waals surface area contributed by atoms with Crippen LogP contribution in [0.1, 0.15) is 32.8 Å². The minimum atomic E-state index is 0.516. The van der Waals surface area contributed by atoms with Crippen LogP contribution in [0.3, 0.4) is 0 Å². The van der Waals surface area contributed by atoms with E-state index in [0.29, 0.717) is 6.04 Å². The van der Waals surface area contributed by atoms with Crippen molar-refractivity contribution in [3.8, 4) is 0 Å². The standard InChI is InChI=1S/C13H23N3/c1-5-8-16(4)13-7-6-12(10-15-13)9-14-11(2)3/h6-7,10-11,14H,5,8-9H2,1-4H3. The zero-order valence-corrected chi connectivity index (χ0v) is 10.8. The summed E-state index contributed by atoms with van der Waals surface area (Å²) in [6.45, 7) is 8.42. The van der Waals surface area contributed by atoms with Crippen LogP contribution in [0.4, 0.5) is 5.82 Å². The lowest BCUT2D eigenvalue weighted by Crippen LogP contribution is -2.22. The van der Waals surface area contributed by atoms with Crippen molar-refractivity contribution in [3.63, 3.8) is 0 Å². The maximum absolute atomic E-state index is 4.46. The number of hydrogen-bond donors (Lipinski definition) is 1. The minimum Gasteiger partial charge on any atom is -0.360 e. The normalized spacial score (nSPS) is 10.8. The first kappa shape index (κ1) is 13.0. The number of pyridine rings is 1. The topological polar surface area (TPSA) is 28.2 Å². The third-order valence-corrected chi connectivity index (χ3v) is 2.47. The Hall–Kier alpha value is -1.09. The van der Waals surface area contributed by atoms with Crippen molar-refractivity contribution in [2.24, 2.45) is 0 Å². The van der Waals surface area contributed by atoms with Gasteiger partial charge in [-0.1, -0.05) is 26.8 Å². The largest absolute Gasteiger partial charge is 0.360 e. The summed E-state index contributed by atoms with van der Waals surface area (Å²) >= 11 is 0. The molecular weight excluding hydrogens is 198 g/mol. The van der Waals surface area contributed by atoms with E-state index in [2.05, 4.69) is 55.2 Å². The van der Waals surface area contributed by atoms with E-state index in [1.807, 2.05) is 6.20 Å². The van der Waals surface area contributed by atoms with Gasteiger partial charge in [0, 0.05) is 32.4 Å². The van der Waals surface area contributed by atoms with E-state index in [-0.39, 0.29) is 0 Å². The van der Waals surface area contributed by atoms with Gasteiger partial charge in [0.25, 0.3) is 0 Å². The van der Waals surface area contributed by atoms with E-state index in [4.69, 9.17) is 0 Å². The average Bonchev–Trinajstić information content (AvgIpc) is 2.27. The van der Waals surface area contributed by atoms with Crippen molar-refractivity contribution in [1.29, 1.82) is 0 Å². The molecule has 0 atom stereocenters. The van der Waals surface area contributed by atoms with Crippen LogP contribution >= 0.6 is 0 Å². The maximum atomic E-state index is 4.46. The molecule has 0 saturated heterocycles. The second-order valence-corrected chi connectivity index (χ2v) is 4.48. The van der Waals surface area contributed by atoms with E-state index in [0.717, 1.165) is 25.3 Å². The summed E-state index contributed by atoms with van der Waals surface area (Å²) in [5, 5.41) is 3.38. The molecule has 0 aliphatic rings. The molecule has 0 aliphatic carbocycles. The van der Waals surface area contributed by atoms with Gasteiger partial charge in [-0.2, -0.15) is 0 Å². The molecule has 90 valence electrons. The van der Waals surface area contributed by atoms with Gasteiger partial charge < -0.3 is 10.2 Å². The fourth-order valence-corrected chi connectivity index (χ4v) is 1.52. The minimum absolute atomic E-state index is 0.516. The Kier molecular flexibility index (Phi) is 5.26. The van der Waals surface area contributed by atoms with Crippen molar-refractivity contribution in [2.45, 2.75) is 39.8 Å². The Morgan fingerprint density at radius 1 is 1.38 bits per heavy atom. The molecule has 3 nitrogen and oxygen atoms in total. The predicted octanol–water partition coefficient (Wildman–Crippen LogP) is 2.43. The summed E-state index contributed by atoms with van der Waals surface area (Å²) in [5.74, 6) is 1.05. The molecule has 1 aromatic heterocycles. The van der Waals surface area contributed by atoms with Crippen LogP contribution in [0.5, 0.6) is 0 Å². The number of hydrogen-bond acceptors (Lipinski definition) is 3. The number of rotatable bonds is 6. The first-order valence-corrected chi connectivity index (χ1v) is 6.03. The highest BCUT2D eigenvalue weighted by Gasteiger charge is 2.01. The lowest BCUT2D eigenvalue weighted by Gasteiger charge is -2.17.